The van der Waals surface area contributed by atoms with Crippen molar-refractivity contribution in [3.05, 3.63) is 36.5 Å². The van der Waals surface area contributed by atoms with Gasteiger partial charge in [-0.1, -0.05) is 0 Å². The van der Waals surface area contributed by atoms with Gasteiger partial charge in [-0.05, 0) is 37.1 Å². The van der Waals surface area contributed by atoms with E-state index in [0.29, 0.717) is 23.5 Å². The first kappa shape index (κ1) is 17.5. The van der Waals surface area contributed by atoms with Crippen LogP contribution in [-0.2, 0) is 0 Å². The Morgan fingerprint density at radius 3 is 2.62 bits per heavy atom. The maximum absolute atomic E-state index is 5.51. The lowest BCUT2D eigenvalue weighted by Crippen LogP contribution is -2.15. The van der Waals surface area contributed by atoms with Crippen molar-refractivity contribution in [3.63, 3.8) is 0 Å². The van der Waals surface area contributed by atoms with Crippen LogP contribution in [0.25, 0.3) is 21.8 Å². The Hall–Kier alpha value is -3.55. The Morgan fingerprint density at radius 1 is 1.07 bits per heavy atom. The second kappa shape index (κ2) is 6.80. The summed E-state index contributed by atoms with van der Waals surface area (Å²) in [6.07, 6.45) is 4.12. The molecule has 0 saturated heterocycles. The van der Waals surface area contributed by atoms with Gasteiger partial charge in [0, 0.05) is 35.6 Å². The maximum Gasteiger partial charge on any atom is 0.225 e. The number of benzene rings is 2. The molecule has 2 N–H and O–H groups in total. The highest BCUT2D eigenvalue weighted by Crippen LogP contribution is 2.38. The van der Waals surface area contributed by atoms with Crippen LogP contribution in [0.5, 0.6) is 11.5 Å². The van der Waals surface area contributed by atoms with Crippen molar-refractivity contribution in [2.24, 2.45) is 0 Å². The molecule has 148 valence electrons. The quantitative estimate of drug-likeness (QED) is 0.517. The number of hydrogen-bond acceptors (Lipinski definition) is 7. The van der Waals surface area contributed by atoms with E-state index in [4.69, 9.17) is 19.4 Å². The number of ether oxygens (including phenoxy) is 2. The molecule has 4 aromatic rings. The van der Waals surface area contributed by atoms with E-state index >= 15 is 0 Å². The molecule has 1 saturated carbocycles. The largest absolute Gasteiger partial charge is 0.493 e. The topological polar surface area (TPSA) is 88.2 Å². The van der Waals surface area contributed by atoms with Crippen LogP contribution in [0, 0.1) is 0 Å². The van der Waals surface area contributed by atoms with Crippen LogP contribution in [0.15, 0.2) is 36.5 Å². The highest BCUT2D eigenvalue weighted by Gasteiger charge is 2.24. The third-order valence-electron chi connectivity index (χ3n) is 5.22. The number of aromatic nitrogens is 4. The summed E-state index contributed by atoms with van der Waals surface area (Å²) < 4.78 is 11.0. The summed E-state index contributed by atoms with van der Waals surface area (Å²) in [7, 11) is 5.26. The minimum atomic E-state index is 0.452. The van der Waals surface area contributed by atoms with Gasteiger partial charge in [0.2, 0.25) is 5.95 Å². The fourth-order valence-corrected chi connectivity index (χ4v) is 3.43. The molecule has 2 aromatic heterocycles. The number of nitrogens with one attached hydrogen (secondary N) is 2. The van der Waals surface area contributed by atoms with Crippen molar-refractivity contribution in [2.45, 2.75) is 18.9 Å². The summed E-state index contributed by atoms with van der Waals surface area (Å²) in [5.74, 6) is 2.70. The number of H-pyrrole nitrogens is 1. The van der Waals surface area contributed by atoms with Crippen LogP contribution in [0.3, 0.4) is 0 Å². The van der Waals surface area contributed by atoms with E-state index in [2.05, 4.69) is 26.5 Å². The van der Waals surface area contributed by atoms with E-state index < -0.39 is 0 Å². The molecule has 2 heterocycles. The number of hydrogen-bond donors (Lipinski definition) is 2. The highest BCUT2D eigenvalue weighted by molar-refractivity contribution is 5.95. The molecule has 0 bridgehead atoms. The summed E-state index contributed by atoms with van der Waals surface area (Å²) in [6, 6.07) is 10.4. The molecule has 1 fully saturated rings. The molecule has 0 atom stereocenters. The van der Waals surface area contributed by atoms with Gasteiger partial charge in [0.05, 0.1) is 31.4 Å². The Labute approximate surface area is 167 Å². The zero-order valence-corrected chi connectivity index (χ0v) is 16.6. The molecule has 0 amide bonds. The molecule has 5 rings (SSSR count). The molecular weight excluding hydrogens is 368 g/mol. The zero-order valence-electron chi connectivity index (χ0n) is 16.6. The van der Waals surface area contributed by atoms with Gasteiger partial charge in [-0.25, -0.2) is 4.98 Å². The number of anilines is 3. The average molecular weight is 390 g/mol. The number of nitrogens with zero attached hydrogens (tertiary/aromatic N) is 4. The first-order valence-electron chi connectivity index (χ1n) is 9.53. The first-order chi connectivity index (χ1) is 14.2. The molecule has 0 aliphatic heterocycles. The molecule has 0 unspecified atom stereocenters. The second-order valence-electron chi connectivity index (χ2n) is 7.21. The smallest absolute Gasteiger partial charge is 0.225 e. The molecule has 0 radical (unpaired) electrons. The Bertz CT molecular complexity index is 1200. The Morgan fingerprint density at radius 2 is 1.86 bits per heavy atom. The molecule has 1 aliphatic carbocycles. The lowest BCUT2D eigenvalue weighted by Gasteiger charge is -2.22. The van der Waals surface area contributed by atoms with Crippen molar-refractivity contribution >= 4 is 39.3 Å². The summed E-state index contributed by atoms with van der Waals surface area (Å²) in [5.41, 5.74) is 2.80. The SMILES string of the molecule is COc1cc2nc(NC3CC3)nc(N(C)c3ccc4[nH]ncc4c3)c2cc1OC. The molecule has 8 heteroatoms. The predicted octanol–water partition coefficient (Wildman–Crippen LogP) is 3.87. The van der Waals surface area contributed by atoms with E-state index in [9.17, 15) is 0 Å². The minimum Gasteiger partial charge on any atom is -0.493 e. The fraction of sp³-hybridized carbons (Fsp3) is 0.286. The summed E-state index contributed by atoms with van der Waals surface area (Å²) >= 11 is 0. The van der Waals surface area contributed by atoms with E-state index in [1.54, 1.807) is 14.2 Å². The van der Waals surface area contributed by atoms with Gasteiger partial charge in [-0.2, -0.15) is 10.1 Å². The highest BCUT2D eigenvalue weighted by atomic mass is 16.5. The third kappa shape index (κ3) is 3.16. The van der Waals surface area contributed by atoms with Gasteiger partial charge in [-0.15, -0.1) is 0 Å². The Kier molecular flexibility index (Phi) is 4.12. The molecule has 29 heavy (non-hydrogen) atoms. The van der Waals surface area contributed by atoms with E-state index in [0.717, 1.165) is 46.2 Å². The average Bonchev–Trinajstić information content (AvgIpc) is 3.43. The van der Waals surface area contributed by atoms with Crippen LogP contribution < -0.4 is 19.7 Å². The van der Waals surface area contributed by atoms with Crippen LogP contribution in [-0.4, -0.2) is 47.5 Å². The predicted molar refractivity (Wildman–Crippen MR) is 113 cm³/mol. The molecule has 2 aromatic carbocycles. The van der Waals surface area contributed by atoms with Gasteiger partial charge < -0.3 is 19.7 Å². The van der Waals surface area contributed by atoms with Crippen molar-refractivity contribution in [3.8, 4) is 11.5 Å². The molecule has 0 spiro atoms. The normalized spacial score (nSPS) is 13.6. The third-order valence-corrected chi connectivity index (χ3v) is 5.22. The Balaban J connectivity index is 1.68. The first-order valence-corrected chi connectivity index (χ1v) is 9.53. The van der Waals surface area contributed by atoms with Crippen LogP contribution in [0.2, 0.25) is 0 Å². The lowest BCUT2D eigenvalue weighted by molar-refractivity contribution is 0.356. The van der Waals surface area contributed by atoms with Gasteiger partial charge in [0.1, 0.15) is 5.82 Å². The van der Waals surface area contributed by atoms with Gasteiger partial charge in [0.15, 0.2) is 11.5 Å². The van der Waals surface area contributed by atoms with Gasteiger partial charge in [-0.3, -0.25) is 5.10 Å². The minimum absolute atomic E-state index is 0.452. The van der Waals surface area contributed by atoms with E-state index in [1.807, 2.05) is 37.5 Å². The summed E-state index contributed by atoms with van der Waals surface area (Å²) in [4.78, 5) is 11.6. The van der Waals surface area contributed by atoms with Crippen LogP contribution in [0.1, 0.15) is 12.8 Å². The number of aromatic amines is 1. The van der Waals surface area contributed by atoms with E-state index in [1.165, 1.54) is 0 Å². The van der Waals surface area contributed by atoms with Crippen molar-refractivity contribution in [1.29, 1.82) is 0 Å². The van der Waals surface area contributed by atoms with E-state index in [-0.39, 0.29) is 0 Å². The maximum atomic E-state index is 5.51. The second-order valence-corrected chi connectivity index (χ2v) is 7.21. The molecule has 8 nitrogen and oxygen atoms in total. The van der Waals surface area contributed by atoms with Crippen LogP contribution >= 0.6 is 0 Å². The zero-order chi connectivity index (χ0) is 20.0. The number of rotatable bonds is 6. The van der Waals surface area contributed by atoms with Gasteiger partial charge >= 0.3 is 0 Å². The fourth-order valence-electron chi connectivity index (χ4n) is 3.43. The van der Waals surface area contributed by atoms with Crippen molar-refractivity contribution < 1.29 is 9.47 Å². The molecule has 1 aliphatic rings. The standard InChI is InChI=1S/C21H22N6O2/c1-27(14-6-7-16-12(8-14)11-22-26-16)20-15-9-18(28-2)19(29-3)10-17(15)24-21(25-20)23-13-4-5-13/h6-11,13H,4-5H2,1-3H3,(H,22,26)(H,23,24,25). The lowest BCUT2D eigenvalue weighted by atomic mass is 10.1. The molecular formula is C21H22N6O2. The summed E-state index contributed by atoms with van der Waals surface area (Å²) in [5, 5.41) is 12.4. The number of methoxy groups -OCH3 is 2. The van der Waals surface area contributed by atoms with Crippen molar-refractivity contribution in [2.75, 3.05) is 31.5 Å². The van der Waals surface area contributed by atoms with Gasteiger partial charge in [0.25, 0.3) is 0 Å². The monoisotopic (exact) mass is 390 g/mol. The number of fused-ring (bicyclic) bond motifs is 2. The van der Waals surface area contributed by atoms with Crippen molar-refractivity contribution in [1.82, 2.24) is 20.2 Å². The summed E-state index contributed by atoms with van der Waals surface area (Å²) in [6.45, 7) is 0. The van der Waals surface area contributed by atoms with Crippen LogP contribution in [0.4, 0.5) is 17.5 Å².